The van der Waals surface area contributed by atoms with Crippen LogP contribution in [0.1, 0.15) is 16.7 Å². The van der Waals surface area contributed by atoms with E-state index in [0.717, 1.165) is 33.0 Å². The lowest BCUT2D eigenvalue weighted by molar-refractivity contribution is -0.124. The molecule has 0 aliphatic rings. The van der Waals surface area contributed by atoms with Gasteiger partial charge in [0.15, 0.2) is 0 Å². The molecule has 0 aliphatic carbocycles. The van der Waals surface area contributed by atoms with E-state index < -0.39 is 17.2 Å². The molecule has 0 atom stereocenters. The third-order valence-electron chi connectivity index (χ3n) is 3.60. The van der Waals surface area contributed by atoms with Crippen LogP contribution in [0.4, 0.5) is 5.69 Å². The average Bonchev–Trinajstić information content (AvgIpc) is 2.51. The van der Waals surface area contributed by atoms with Crippen LogP contribution in [0.25, 0.3) is 0 Å². The van der Waals surface area contributed by atoms with E-state index in [2.05, 4.69) is 15.6 Å². The molecule has 0 saturated carbocycles. The number of benzene rings is 1. The van der Waals surface area contributed by atoms with Gasteiger partial charge in [0, 0.05) is 18.0 Å². The van der Waals surface area contributed by atoms with Gasteiger partial charge in [-0.1, -0.05) is 17.7 Å². The zero-order chi connectivity index (χ0) is 18.6. The fraction of sp³-hybridized carbons (Fsp3) is 0.294. The Kier molecular flexibility index (Phi) is 5.53. The summed E-state index contributed by atoms with van der Waals surface area (Å²) in [5, 5.41) is 5.21. The fourth-order valence-electron chi connectivity index (χ4n) is 2.52. The van der Waals surface area contributed by atoms with E-state index in [1.165, 1.54) is 6.20 Å². The lowest BCUT2D eigenvalue weighted by Crippen LogP contribution is -2.38. The number of anilines is 1. The summed E-state index contributed by atoms with van der Waals surface area (Å²) in [4.78, 5) is 48.4. The third kappa shape index (κ3) is 4.90. The molecule has 1 aromatic heterocycles. The molecule has 2 rings (SSSR count). The highest BCUT2D eigenvalue weighted by Crippen LogP contribution is 2.21. The Hall–Kier alpha value is -3.16. The minimum atomic E-state index is -0.682. The van der Waals surface area contributed by atoms with Crippen molar-refractivity contribution in [1.29, 1.82) is 0 Å². The fourth-order valence-corrected chi connectivity index (χ4v) is 2.52. The van der Waals surface area contributed by atoms with Crippen molar-refractivity contribution in [2.24, 2.45) is 0 Å². The zero-order valence-electron chi connectivity index (χ0n) is 14.3. The Balaban J connectivity index is 1.93. The summed E-state index contributed by atoms with van der Waals surface area (Å²) in [6, 6.07) is 5.07. The summed E-state index contributed by atoms with van der Waals surface area (Å²) in [5.41, 5.74) is 2.49. The van der Waals surface area contributed by atoms with E-state index in [9.17, 15) is 19.2 Å². The number of aromatic amines is 1. The molecule has 132 valence electrons. The Morgan fingerprint density at radius 2 is 1.72 bits per heavy atom. The van der Waals surface area contributed by atoms with Gasteiger partial charge < -0.3 is 10.6 Å². The summed E-state index contributed by atoms with van der Waals surface area (Å²) in [7, 11) is 0. The van der Waals surface area contributed by atoms with Crippen LogP contribution >= 0.6 is 0 Å². The largest absolute Gasteiger partial charge is 0.345 e. The number of aromatic nitrogens is 2. The normalized spacial score (nSPS) is 10.4. The minimum Gasteiger partial charge on any atom is -0.345 e. The quantitative estimate of drug-likeness (QED) is 0.720. The Morgan fingerprint density at radius 1 is 1.08 bits per heavy atom. The van der Waals surface area contributed by atoms with Crippen LogP contribution in [-0.4, -0.2) is 27.9 Å². The van der Waals surface area contributed by atoms with Crippen LogP contribution in [0, 0.1) is 20.8 Å². The first-order chi connectivity index (χ1) is 11.8. The molecular weight excluding hydrogens is 324 g/mol. The molecule has 25 heavy (non-hydrogen) atoms. The van der Waals surface area contributed by atoms with Gasteiger partial charge in [0.2, 0.25) is 11.8 Å². The van der Waals surface area contributed by atoms with Crippen LogP contribution in [0.15, 0.2) is 34.0 Å². The predicted octanol–water partition coefficient (Wildman–Crippen LogP) is 0.217. The number of H-pyrrole nitrogens is 1. The number of rotatable bonds is 5. The minimum absolute atomic E-state index is 0.219. The smallest absolute Gasteiger partial charge is 0.328 e. The number of carbonyl (C=O) groups is 2. The molecule has 0 saturated heterocycles. The standard InChI is InChI=1S/C17H20N4O4/c1-10-6-11(2)16(12(3)7-10)19-14(23)8-18-15(24)9-21-5-4-13(22)20-17(21)25/h4-7H,8-9H2,1-3H3,(H,18,24)(H,19,23)(H,20,22,25). The van der Waals surface area contributed by atoms with Crippen LogP contribution in [-0.2, 0) is 16.1 Å². The highest BCUT2D eigenvalue weighted by atomic mass is 16.2. The van der Waals surface area contributed by atoms with Crippen LogP contribution in [0.5, 0.6) is 0 Å². The lowest BCUT2D eigenvalue weighted by Gasteiger charge is -2.13. The Labute approximate surface area is 143 Å². The topological polar surface area (TPSA) is 113 Å². The van der Waals surface area contributed by atoms with Crippen LogP contribution in [0.3, 0.4) is 0 Å². The molecule has 3 N–H and O–H groups in total. The van der Waals surface area contributed by atoms with E-state index in [4.69, 9.17) is 0 Å². The van der Waals surface area contributed by atoms with Gasteiger partial charge in [-0.25, -0.2) is 4.79 Å². The van der Waals surface area contributed by atoms with Crippen molar-refractivity contribution < 1.29 is 9.59 Å². The number of nitrogens with one attached hydrogen (secondary N) is 3. The van der Waals surface area contributed by atoms with Crippen molar-refractivity contribution in [3.05, 3.63) is 61.9 Å². The highest BCUT2D eigenvalue weighted by Gasteiger charge is 2.10. The maximum Gasteiger partial charge on any atom is 0.328 e. The first-order valence-corrected chi connectivity index (χ1v) is 7.70. The lowest BCUT2D eigenvalue weighted by atomic mass is 10.1. The monoisotopic (exact) mass is 344 g/mol. The van der Waals surface area contributed by atoms with Crippen molar-refractivity contribution in [1.82, 2.24) is 14.9 Å². The molecule has 2 amide bonds. The molecule has 2 aromatic rings. The van der Waals surface area contributed by atoms with E-state index >= 15 is 0 Å². The number of hydrogen-bond donors (Lipinski definition) is 3. The molecular formula is C17H20N4O4. The number of carbonyl (C=O) groups excluding carboxylic acids is 2. The van der Waals surface area contributed by atoms with Crippen LogP contribution < -0.4 is 21.9 Å². The molecule has 0 bridgehead atoms. The predicted molar refractivity (Wildman–Crippen MR) is 93.6 cm³/mol. The number of amides is 2. The molecule has 8 heteroatoms. The van der Waals surface area contributed by atoms with E-state index in [-0.39, 0.29) is 19.0 Å². The number of aryl methyl sites for hydroxylation is 3. The summed E-state index contributed by atoms with van der Waals surface area (Å²) in [6.45, 7) is 5.27. The number of hydrogen-bond acceptors (Lipinski definition) is 4. The second kappa shape index (κ2) is 7.61. The average molecular weight is 344 g/mol. The van der Waals surface area contributed by atoms with Crippen molar-refractivity contribution >= 4 is 17.5 Å². The van der Waals surface area contributed by atoms with Gasteiger partial charge in [-0.2, -0.15) is 0 Å². The second-order valence-electron chi connectivity index (χ2n) is 5.84. The summed E-state index contributed by atoms with van der Waals surface area (Å²) >= 11 is 0. The van der Waals surface area contributed by atoms with E-state index in [0.29, 0.717) is 0 Å². The molecule has 1 heterocycles. The Morgan fingerprint density at radius 3 is 2.32 bits per heavy atom. The first kappa shape index (κ1) is 18.2. The summed E-state index contributed by atoms with van der Waals surface area (Å²) in [6.07, 6.45) is 1.22. The van der Waals surface area contributed by atoms with Gasteiger partial charge in [-0.05, 0) is 31.9 Å². The van der Waals surface area contributed by atoms with Crippen molar-refractivity contribution in [3.8, 4) is 0 Å². The Bertz CT molecular complexity index is 904. The van der Waals surface area contributed by atoms with E-state index in [1.807, 2.05) is 32.9 Å². The van der Waals surface area contributed by atoms with Crippen molar-refractivity contribution in [2.45, 2.75) is 27.3 Å². The van der Waals surface area contributed by atoms with Crippen molar-refractivity contribution in [2.75, 3.05) is 11.9 Å². The molecule has 1 aromatic carbocycles. The highest BCUT2D eigenvalue weighted by molar-refractivity contribution is 5.95. The van der Waals surface area contributed by atoms with Gasteiger partial charge in [-0.3, -0.25) is 23.9 Å². The molecule has 8 nitrogen and oxygen atoms in total. The zero-order valence-corrected chi connectivity index (χ0v) is 14.3. The van der Waals surface area contributed by atoms with Gasteiger partial charge in [0.05, 0.1) is 6.54 Å². The number of nitrogens with zero attached hydrogens (tertiary/aromatic N) is 1. The van der Waals surface area contributed by atoms with E-state index in [1.54, 1.807) is 0 Å². The maximum absolute atomic E-state index is 12.0. The molecule has 0 unspecified atom stereocenters. The van der Waals surface area contributed by atoms with Gasteiger partial charge in [-0.15, -0.1) is 0 Å². The SMILES string of the molecule is Cc1cc(C)c(NC(=O)CNC(=O)Cn2ccc(=O)[nH]c2=O)c(C)c1. The van der Waals surface area contributed by atoms with Gasteiger partial charge >= 0.3 is 5.69 Å². The van der Waals surface area contributed by atoms with Gasteiger partial charge in [0.25, 0.3) is 5.56 Å². The molecule has 0 spiro atoms. The second-order valence-corrected chi connectivity index (χ2v) is 5.84. The third-order valence-corrected chi connectivity index (χ3v) is 3.60. The molecule has 0 aliphatic heterocycles. The summed E-state index contributed by atoms with van der Waals surface area (Å²) in [5.74, 6) is -0.876. The summed E-state index contributed by atoms with van der Waals surface area (Å²) < 4.78 is 1.04. The molecule has 0 radical (unpaired) electrons. The van der Waals surface area contributed by atoms with Gasteiger partial charge in [0.1, 0.15) is 6.54 Å². The maximum atomic E-state index is 12.0. The molecule has 0 fully saturated rings. The van der Waals surface area contributed by atoms with Crippen LogP contribution in [0.2, 0.25) is 0 Å². The first-order valence-electron chi connectivity index (χ1n) is 7.70. The van der Waals surface area contributed by atoms with Crippen molar-refractivity contribution in [3.63, 3.8) is 0 Å².